The summed E-state index contributed by atoms with van der Waals surface area (Å²) in [5.41, 5.74) is 4.48. The van der Waals surface area contributed by atoms with Crippen molar-refractivity contribution in [1.29, 1.82) is 0 Å². The van der Waals surface area contributed by atoms with Crippen LogP contribution in [0.15, 0.2) is 127 Å². The van der Waals surface area contributed by atoms with Crippen molar-refractivity contribution in [3.05, 3.63) is 155 Å². The first-order chi connectivity index (χ1) is 26.9. The van der Waals surface area contributed by atoms with Crippen LogP contribution in [0.25, 0.3) is 16.7 Å². The molecule has 1 heterocycles. The normalized spacial score (nSPS) is 11.2. The maximum Gasteiger partial charge on any atom is 0.333 e. The standard InChI is InChI=1S/C44H40N3O8P/c1-29(2)43(50)53-24-23-32-19-20-39(38(27-32)47-45-36-17-11-12-18-37(36)46-47)55-41(49)22-21-40(48)54-28-33-25-30(3)42(31(4)26-33)44(51)56(52,34-13-7-5-8-14-34)35-15-9-6-10-16-35/h5-20,25-27H,1,21-24,28H2,2-4H3. The highest BCUT2D eigenvalue weighted by Gasteiger charge is 2.38. The molecule has 5 aromatic carbocycles. The van der Waals surface area contributed by atoms with E-state index in [9.17, 15) is 23.7 Å². The van der Waals surface area contributed by atoms with Gasteiger partial charge in [-0.3, -0.25) is 14.4 Å². The SMILES string of the molecule is C=C(C)C(=O)OCCc1ccc(OC(=O)CCC(=O)OCc2cc(C)c(C(=O)P(=O)(c3ccccc3)c3ccccc3)c(C)c2)c(-n2nc3ccccc3n2)c1. The molecule has 6 aromatic rings. The highest BCUT2D eigenvalue weighted by atomic mass is 31.2. The molecule has 12 heteroatoms. The van der Waals surface area contributed by atoms with Crippen LogP contribution in [0.2, 0.25) is 0 Å². The second-order valence-electron chi connectivity index (χ2n) is 13.3. The van der Waals surface area contributed by atoms with Crippen LogP contribution in [-0.4, -0.2) is 45.0 Å². The zero-order valence-corrected chi connectivity index (χ0v) is 32.2. The summed E-state index contributed by atoms with van der Waals surface area (Å²) in [7, 11) is -3.72. The van der Waals surface area contributed by atoms with E-state index < -0.39 is 30.6 Å². The number of benzene rings is 5. The lowest BCUT2D eigenvalue weighted by Gasteiger charge is -2.21. The molecule has 0 amide bonds. The van der Waals surface area contributed by atoms with Gasteiger partial charge in [0.1, 0.15) is 23.3 Å². The molecule has 0 saturated heterocycles. The van der Waals surface area contributed by atoms with Gasteiger partial charge in [-0.25, -0.2) is 4.79 Å². The molecule has 0 fully saturated rings. The van der Waals surface area contributed by atoms with Crippen LogP contribution in [0.4, 0.5) is 0 Å². The van der Waals surface area contributed by atoms with E-state index >= 15 is 0 Å². The van der Waals surface area contributed by atoms with E-state index in [1.54, 1.807) is 99.6 Å². The van der Waals surface area contributed by atoms with E-state index in [-0.39, 0.29) is 31.8 Å². The molecule has 0 atom stereocenters. The van der Waals surface area contributed by atoms with Gasteiger partial charge in [0, 0.05) is 28.2 Å². The average molecular weight is 770 g/mol. The number of carbonyl (C=O) groups excluding carboxylic acids is 4. The van der Waals surface area contributed by atoms with E-state index in [0.717, 1.165) is 5.56 Å². The molecule has 56 heavy (non-hydrogen) atoms. The number of aryl methyl sites for hydroxylation is 2. The quantitative estimate of drug-likeness (QED) is 0.0452. The Kier molecular flexibility index (Phi) is 12.2. The van der Waals surface area contributed by atoms with Crippen LogP contribution in [-0.2, 0) is 41.5 Å². The topological polar surface area (TPSA) is 144 Å². The number of aromatic nitrogens is 3. The Morgan fingerprint density at radius 3 is 1.82 bits per heavy atom. The minimum Gasteiger partial charge on any atom is -0.462 e. The number of carbonyl (C=O) groups is 4. The van der Waals surface area contributed by atoms with Gasteiger partial charge < -0.3 is 18.8 Å². The van der Waals surface area contributed by atoms with Crippen molar-refractivity contribution < 1.29 is 38.0 Å². The summed E-state index contributed by atoms with van der Waals surface area (Å²) in [5.74, 6) is -1.59. The summed E-state index contributed by atoms with van der Waals surface area (Å²) in [6.45, 7) is 8.72. The van der Waals surface area contributed by atoms with Crippen LogP contribution in [0.5, 0.6) is 5.75 Å². The smallest absolute Gasteiger partial charge is 0.333 e. The van der Waals surface area contributed by atoms with Gasteiger partial charge in [-0.05, 0) is 67.3 Å². The first kappa shape index (κ1) is 39.2. The number of esters is 3. The third-order valence-electron chi connectivity index (χ3n) is 8.99. The van der Waals surface area contributed by atoms with Crippen molar-refractivity contribution in [3.8, 4) is 11.4 Å². The molecular weight excluding hydrogens is 729 g/mol. The number of rotatable bonds is 15. The van der Waals surface area contributed by atoms with Gasteiger partial charge in [-0.15, -0.1) is 15.0 Å². The highest BCUT2D eigenvalue weighted by molar-refractivity contribution is 7.93. The van der Waals surface area contributed by atoms with Crippen molar-refractivity contribution in [2.45, 2.75) is 46.6 Å². The van der Waals surface area contributed by atoms with Gasteiger partial charge in [0.2, 0.25) is 12.7 Å². The lowest BCUT2D eigenvalue weighted by Crippen LogP contribution is -2.23. The predicted octanol–water partition coefficient (Wildman–Crippen LogP) is 7.28. The van der Waals surface area contributed by atoms with E-state index in [0.29, 0.717) is 61.6 Å². The molecule has 0 aliphatic rings. The molecule has 0 N–H and O–H groups in total. The molecule has 1 aromatic heterocycles. The van der Waals surface area contributed by atoms with Crippen molar-refractivity contribution in [2.75, 3.05) is 6.61 Å². The summed E-state index contributed by atoms with van der Waals surface area (Å²) in [4.78, 5) is 53.2. The summed E-state index contributed by atoms with van der Waals surface area (Å²) in [5, 5.41) is 9.96. The minimum atomic E-state index is -3.72. The Morgan fingerprint density at radius 2 is 1.25 bits per heavy atom. The molecule has 0 radical (unpaired) electrons. The third kappa shape index (κ3) is 8.91. The minimum absolute atomic E-state index is 0.0924. The molecule has 0 spiro atoms. The van der Waals surface area contributed by atoms with Gasteiger partial charge in [-0.1, -0.05) is 97.6 Å². The molecule has 0 saturated carbocycles. The zero-order chi connectivity index (χ0) is 39.8. The third-order valence-corrected chi connectivity index (χ3v) is 11.8. The Labute approximate surface area is 324 Å². The molecule has 0 aliphatic carbocycles. The predicted molar refractivity (Wildman–Crippen MR) is 213 cm³/mol. The largest absolute Gasteiger partial charge is 0.462 e. The number of fused-ring (bicyclic) bond motifs is 1. The van der Waals surface area contributed by atoms with Crippen molar-refractivity contribution in [1.82, 2.24) is 15.0 Å². The van der Waals surface area contributed by atoms with Crippen LogP contribution < -0.4 is 15.3 Å². The fourth-order valence-electron chi connectivity index (χ4n) is 6.22. The van der Waals surface area contributed by atoms with Crippen molar-refractivity contribution in [2.24, 2.45) is 0 Å². The lowest BCUT2D eigenvalue weighted by atomic mass is 10.0. The molecule has 284 valence electrons. The van der Waals surface area contributed by atoms with E-state index in [1.165, 1.54) is 4.80 Å². The number of hydrogen-bond donors (Lipinski definition) is 0. The first-order valence-corrected chi connectivity index (χ1v) is 19.7. The second-order valence-corrected chi connectivity index (χ2v) is 15.9. The van der Waals surface area contributed by atoms with E-state index in [2.05, 4.69) is 16.8 Å². The van der Waals surface area contributed by atoms with Crippen LogP contribution in [0.1, 0.15) is 52.4 Å². The van der Waals surface area contributed by atoms with E-state index in [1.807, 2.05) is 36.4 Å². The summed E-state index contributed by atoms with van der Waals surface area (Å²) in [6.07, 6.45) is -0.117. The summed E-state index contributed by atoms with van der Waals surface area (Å²) < 4.78 is 31.1. The molecule has 6 rings (SSSR count). The number of hydrogen-bond acceptors (Lipinski definition) is 10. The molecule has 0 unspecified atom stereocenters. The van der Waals surface area contributed by atoms with Gasteiger partial charge in [0.15, 0.2) is 5.75 Å². The first-order valence-electron chi connectivity index (χ1n) is 17.9. The summed E-state index contributed by atoms with van der Waals surface area (Å²) in [6, 6.07) is 33.4. The van der Waals surface area contributed by atoms with Crippen LogP contribution in [0.3, 0.4) is 0 Å². The Balaban J connectivity index is 1.10. The maximum atomic E-state index is 14.7. The number of nitrogens with zero attached hydrogens (tertiary/aromatic N) is 3. The van der Waals surface area contributed by atoms with Gasteiger partial charge in [-0.2, -0.15) is 0 Å². The Bertz CT molecular complexity index is 2400. The Morgan fingerprint density at radius 1 is 0.696 bits per heavy atom. The fourth-order valence-corrected chi connectivity index (χ4v) is 8.84. The van der Waals surface area contributed by atoms with Gasteiger partial charge >= 0.3 is 17.9 Å². The Hall–Kier alpha value is -6.45. The molecule has 11 nitrogen and oxygen atoms in total. The van der Waals surface area contributed by atoms with Gasteiger partial charge in [0.25, 0.3) is 0 Å². The van der Waals surface area contributed by atoms with Crippen molar-refractivity contribution >= 4 is 52.2 Å². The number of ether oxygens (including phenoxy) is 3. The van der Waals surface area contributed by atoms with Crippen molar-refractivity contribution in [3.63, 3.8) is 0 Å². The van der Waals surface area contributed by atoms with Gasteiger partial charge in [0.05, 0.1) is 19.4 Å². The maximum absolute atomic E-state index is 14.7. The zero-order valence-electron chi connectivity index (χ0n) is 31.3. The van der Waals surface area contributed by atoms with Crippen LogP contribution in [0, 0.1) is 13.8 Å². The molecular formula is C44H40N3O8P. The molecule has 0 aliphatic heterocycles. The fraction of sp³-hybridized carbons (Fsp3) is 0.182. The summed E-state index contributed by atoms with van der Waals surface area (Å²) >= 11 is 0. The highest BCUT2D eigenvalue weighted by Crippen LogP contribution is 2.48. The monoisotopic (exact) mass is 769 g/mol. The molecule has 0 bridgehead atoms. The second kappa shape index (κ2) is 17.3. The average Bonchev–Trinajstić information content (AvgIpc) is 3.64. The van der Waals surface area contributed by atoms with Crippen LogP contribution >= 0.6 is 7.14 Å². The lowest BCUT2D eigenvalue weighted by molar-refractivity contribution is -0.148. The van der Waals surface area contributed by atoms with E-state index in [4.69, 9.17) is 14.2 Å².